The SMILES string of the molecule is Cc1ccc(-c2cn(C3CN4CCC3CC4)nn2)cc1. The van der Waals surface area contributed by atoms with Crippen LogP contribution in [0.1, 0.15) is 24.4 Å². The van der Waals surface area contributed by atoms with E-state index < -0.39 is 0 Å². The smallest absolute Gasteiger partial charge is 0.113 e. The number of rotatable bonds is 2. The zero-order chi connectivity index (χ0) is 13.5. The molecule has 3 aliphatic rings. The standard InChI is InChI=1S/C16H20N4/c1-12-2-4-13(5-3-12)15-10-20(18-17-15)16-11-19-8-6-14(16)7-9-19/h2-5,10,14,16H,6-9,11H2,1H3. The molecule has 104 valence electrons. The summed E-state index contributed by atoms with van der Waals surface area (Å²) in [5, 5.41) is 8.77. The Morgan fingerprint density at radius 1 is 1.10 bits per heavy atom. The maximum Gasteiger partial charge on any atom is 0.113 e. The van der Waals surface area contributed by atoms with Crippen LogP contribution in [-0.2, 0) is 0 Å². The molecule has 2 bridgehead atoms. The third-order valence-corrected chi connectivity index (χ3v) is 4.82. The zero-order valence-electron chi connectivity index (χ0n) is 11.9. The second-order valence-electron chi connectivity index (χ2n) is 6.16. The van der Waals surface area contributed by atoms with Crippen molar-refractivity contribution < 1.29 is 0 Å². The second-order valence-corrected chi connectivity index (χ2v) is 6.16. The van der Waals surface area contributed by atoms with Crippen LogP contribution in [0.25, 0.3) is 11.3 Å². The predicted octanol–water partition coefficient (Wildman–Crippen LogP) is 2.52. The van der Waals surface area contributed by atoms with Crippen LogP contribution in [0.4, 0.5) is 0 Å². The number of aromatic nitrogens is 3. The van der Waals surface area contributed by atoms with Gasteiger partial charge in [-0.1, -0.05) is 35.0 Å². The molecule has 4 heteroatoms. The largest absolute Gasteiger partial charge is 0.301 e. The van der Waals surface area contributed by atoms with Crippen LogP contribution >= 0.6 is 0 Å². The highest BCUT2D eigenvalue weighted by molar-refractivity contribution is 5.57. The summed E-state index contributed by atoms with van der Waals surface area (Å²) in [5.74, 6) is 0.785. The van der Waals surface area contributed by atoms with E-state index in [2.05, 4.69) is 57.3 Å². The Morgan fingerprint density at radius 2 is 1.85 bits per heavy atom. The Hall–Kier alpha value is -1.68. The average molecular weight is 268 g/mol. The minimum Gasteiger partial charge on any atom is -0.301 e. The Balaban J connectivity index is 1.60. The molecule has 0 saturated carbocycles. The highest BCUT2D eigenvalue weighted by atomic mass is 15.4. The summed E-state index contributed by atoms with van der Waals surface area (Å²) in [7, 11) is 0. The summed E-state index contributed by atoms with van der Waals surface area (Å²) >= 11 is 0. The Bertz CT molecular complexity index is 593. The summed E-state index contributed by atoms with van der Waals surface area (Å²) in [6.45, 7) is 5.77. The normalized spacial score (nSPS) is 28.8. The second kappa shape index (κ2) is 4.70. The monoisotopic (exact) mass is 268 g/mol. The first kappa shape index (κ1) is 12.1. The van der Waals surface area contributed by atoms with Gasteiger partial charge in [-0.2, -0.15) is 0 Å². The topological polar surface area (TPSA) is 34.0 Å². The lowest BCUT2D eigenvalue weighted by Crippen LogP contribution is -2.48. The van der Waals surface area contributed by atoms with Crippen LogP contribution in [0.2, 0.25) is 0 Å². The van der Waals surface area contributed by atoms with E-state index in [-0.39, 0.29) is 0 Å². The minimum absolute atomic E-state index is 0.518. The van der Waals surface area contributed by atoms with E-state index >= 15 is 0 Å². The van der Waals surface area contributed by atoms with Crippen molar-refractivity contribution in [2.24, 2.45) is 5.92 Å². The molecule has 1 aromatic carbocycles. The molecule has 1 aromatic heterocycles. The number of nitrogens with zero attached hydrogens (tertiary/aromatic N) is 4. The van der Waals surface area contributed by atoms with E-state index in [4.69, 9.17) is 0 Å². The summed E-state index contributed by atoms with van der Waals surface area (Å²) in [5.41, 5.74) is 3.42. The van der Waals surface area contributed by atoms with Crippen molar-refractivity contribution in [2.45, 2.75) is 25.8 Å². The van der Waals surface area contributed by atoms with Crippen molar-refractivity contribution in [3.05, 3.63) is 36.0 Å². The molecule has 3 fully saturated rings. The van der Waals surface area contributed by atoms with Gasteiger partial charge in [0, 0.05) is 12.1 Å². The summed E-state index contributed by atoms with van der Waals surface area (Å²) in [6, 6.07) is 9.02. The Labute approximate surface area is 119 Å². The highest BCUT2D eigenvalue weighted by Gasteiger charge is 2.35. The molecule has 5 rings (SSSR count). The molecule has 0 spiro atoms. The zero-order valence-corrected chi connectivity index (χ0v) is 11.9. The van der Waals surface area contributed by atoms with Gasteiger partial charge in [0.15, 0.2) is 0 Å². The van der Waals surface area contributed by atoms with E-state index in [1.54, 1.807) is 0 Å². The highest BCUT2D eigenvalue weighted by Crippen LogP contribution is 2.35. The molecule has 0 N–H and O–H groups in total. The van der Waals surface area contributed by atoms with E-state index in [1.165, 1.54) is 31.5 Å². The molecule has 1 atom stereocenters. The fourth-order valence-corrected chi connectivity index (χ4v) is 3.53. The maximum atomic E-state index is 4.40. The fraction of sp³-hybridized carbons (Fsp3) is 0.500. The van der Waals surface area contributed by atoms with Crippen molar-refractivity contribution in [1.82, 2.24) is 19.9 Å². The molecular weight excluding hydrogens is 248 g/mol. The number of hydrogen-bond donors (Lipinski definition) is 0. The van der Waals surface area contributed by atoms with Gasteiger partial charge in [-0.3, -0.25) is 0 Å². The average Bonchev–Trinajstić information content (AvgIpc) is 2.99. The third-order valence-electron chi connectivity index (χ3n) is 4.82. The summed E-state index contributed by atoms with van der Waals surface area (Å²) in [6.07, 6.45) is 4.74. The van der Waals surface area contributed by atoms with Crippen LogP contribution in [0.5, 0.6) is 0 Å². The molecule has 0 radical (unpaired) electrons. The van der Waals surface area contributed by atoms with Crippen molar-refractivity contribution in [2.75, 3.05) is 19.6 Å². The minimum atomic E-state index is 0.518. The summed E-state index contributed by atoms with van der Waals surface area (Å²) < 4.78 is 2.10. The van der Waals surface area contributed by atoms with E-state index in [1.807, 2.05) is 0 Å². The first-order chi connectivity index (χ1) is 9.79. The lowest BCUT2D eigenvalue weighted by atomic mass is 9.84. The van der Waals surface area contributed by atoms with Gasteiger partial charge in [0.05, 0.1) is 12.2 Å². The molecule has 20 heavy (non-hydrogen) atoms. The van der Waals surface area contributed by atoms with Crippen molar-refractivity contribution in [1.29, 1.82) is 0 Å². The molecule has 3 saturated heterocycles. The molecule has 1 unspecified atom stereocenters. The van der Waals surface area contributed by atoms with Gasteiger partial charge in [-0.15, -0.1) is 5.10 Å². The van der Waals surface area contributed by atoms with Crippen LogP contribution in [0, 0.1) is 12.8 Å². The third kappa shape index (κ3) is 2.04. The molecule has 3 aliphatic heterocycles. The van der Waals surface area contributed by atoms with Crippen LogP contribution in [-0.4, -0.2) is 39.5 Å². The van der Waals surface area contributed by atoms with E-state index in [0.29, 0.717) is 6.04 Å². The van der Waals surface area contributed by atoms with Crippen molar-refractivity contribution >= 4 is 0 Å². The van der Waals surface area contributed by atoms with Crippen LogP contribution in [0.15, 0.2) is 30.5 Å². The number of benzene rings is 1. The molecule has 4 nitrogen and oxygen atoms in total. The van der Waals surface area contributed by atoms with Crippen molar-refractivity contribution in [3.8, 4) is 11.3 Å². The van der Waals surface area contributed by atoms with Crippen LogP contribution in [0.3, 0.4) is 0 Å². The summed E-state index contributed by atoms with van der Waals surface area (Å²) in [4.78, 5) is 2.55. The number of hydrogen-bond acceptors (Lipinski definition) is 3. The van der Waals surface area contributed by atoms with Gasteiger partial charge in [-0.05, 0) is 38.8 Å². The maximum absolute atomic E-state index is 4.40. The number of aryl methyl sites for hydroxylation is 1. The Kier molecular flexibility index (Phi) is 2.84. The molecule has 0 amide bonds. The fourth-order valence-electron chi connectivity index (χ4n) is 3.53. The molecule has 4 heterocycles. The van der Waals surface area contributed by atoms with Gasteiger partial charge in [0.2, 0.25) is 0 Å². The molecular formula is C16H20N4. The van der Waals surface area contributed by atoms with Crippen molar-refractivity contribution in [3.63, 3.8) is 0 Å². The molecule has 2 aromatic rings. The quantitative estimate of drug-likeness (QED) is 0.839. The van der Waals surface area contributed by atoms with Gasteiger partial charge in [0.25, 0.3) is 0 Å². The first-order valence-electron chi connectivity index (χ1n) is 7.51. The van der Waals surface area contributed by atoms with Crippen LogP contribution < -0.4 is 0 Å². The van der Waals surface area contributed by atoms with Gasteiger partial charge < -0.3 is 4.90 Å². The molecule has 0 aliphatic carbocycles. The Morgan fingerprint density at radius 3 is 2.50 bits per heavy atom. The lowest BCUT2D eigenvalue weighted by molar-refractivity contribution is 0.0504. The number of piperidine rings is 3. The lowest BCUT2D eigenvalue weighted by Gasteiger charge is -2.44. The number of fused-ring (bicyclic) bond motifs is 3. The van der Waals surface area contributed by atoms with Gasteiger partial charge in [-0.25, -0.2) is 4.68 Å². The van der Waals surface area contributed by atoms with E-state index in [9.17, 15) is 0 Å². The van der Waals surface area contributed by atoms with Gasteiger partial charge >= 0.3 is 0 Å². The predicted molar refractivity (Wildman–Crippen MR) is 78.4 cm³/mol. The van der Waals surface area contributed by atoms with E-state index in [0.717, 1.165) is 23.7 Å². The van der Waals surface area contributed by atoms with Gasteiger partial charge in [0.1, 0.15) is 5.69 Å². The first-order valence-corrected chi connectivity index (χ1v) is 7.51.